The minimum absolute atomic E-state index is 0.0621. The average molecular weight is 407 g/mol. The Bertz CT molecular complexity index is 819. The Morgan fingerprint density at radius 3 is 1.50 bits per heavy atom. The minimum Gasteiger partial charge on any atom is -0.384 e. The number of carbonyl (C=O) groups excluding carboxylic acids is 2. The van der Waals surface area contributed by atoms with Gasteiger partial charge >= 0.3 is 0 Å². The fraction of sp³-hybridized carbons (Fsp3) is 0.462. The highest BCUT2D eigenvalue weighted by atomic mass is 16.1. The fourth-order valence-electron chi connectivity index (χ4n) is 4.09. The molecule has 0 radical (unpaired) electrons. The molecule has 0 saturated heterocycles. The van der Waals surface area contributed by atoms with Gasteiger partial charge in [0.1, 0.15) is 0 Å². The van der Waals surface area contributed by atoms with Crippen molar-refractivity contribution in [2.75, 3.05) is 23.7 Å². The zero-order valence-corrected chi connectivity index (χ0v) is 18.4. The highest BCUT2D eigenvalue weighted by Gasteiger charge is 2.33. The van der Waals surface area contributed by atoms with E-state index >= 15 is 0 Å². The number of ketones is 2. The first-order valence-electron chi connectivity index (χ1n) is 11.5. The number of carbonyl (C=O) groups is 2. The van der Waals surface area contributed by atoms with Crippen molar-refractivity contribution in [2.45, 2.75) is 65.2 Å². The van der Waals surface area contributed by atoms with Gasteiger partial charge in [-0.25, -0.2) is 0 Å². The van der Waals surface area contributed by atoms with E-state index in [2.05, 4.69) is 24.5 Å². The van der Waals surface area contributed by atoms with Gasteiger partial charge in [-0.1, -0.05) is 76.6 Å². The Balaban J connectivity index is 1.82. The van der Waals surface area contributed by atoms with Crippen LogP contribution in [0.5, 0.6) is 0 Å². The highest BCUT2D eigenvalue weighted by molar-refractivity contribution is 6.31. The molecular formula is C26H34N2O2. The molecule has 4 heteroatoms. The fourth-order valence-corrected chi connectivity index (χ4v) is 4.09. The quantitative estimate of drug-likeness (QED) is 0.340. The summed E-state index contributed by atoms with van der Waals surface area (Å²) in [6.07, 6.45) is 9.26. The number of fused-ring (bicyclic) bond motifs is 2. The van der Waals surface area contributed by atoms with Crippen molar-refractivity contribution in [3.8, 4) is 0 Å². The Morgan fingerprint density at radius 1 is 0.600 bits per heavy atom. The van der Waals surface area contributed by atoms with E-state index < -0.39 is 0 Å². The summed E-state index contributed by atoms with van der Waals surface area (Å²) in [4.78, 5) is 26.7. The van der Waals surface area contributed by atoms with Crippen molar-refractivity contribution in [1.29, 1.82) is 0 Å². The third kappa shape index (κ3) is 4.92. The smallest absolute Gasteiger partial charge is 0.198 e. The van der Waals surface area contributed by atoms with Crippen LogP contribution in [0.4, 0.5) is 11.4 Å². The van der Waals surface area contributed by atoms with Gasteiger partial charge in [0, 0.05) is 35.6 Å². The first-order valence-corrected chi connectivity index (χ1v) is 11.5. The first kappa shape index (κ1) is 22.1. The summed E-state index contributed by atoms with van der Waals surface area (Å²) >= 11 is 0. The summed E-state index contributed by atoms with van der Waals surface area (Å²) in [5, 5.41) is 6.81. The van der Waals surface area contributed by atoms with Crippen LogP contribution in [-0.2, 0) is 0 Å². The lowest BCUT2D eigenvalue weighted by Crippen LogP contribution is -2.24. The monoisotopic (exact) mass is 406 g/mol. The van der Waals surface area contributed by atoms with Crippen LogP contribution in [0.3, 0.4) is 0 Å². The molecule has 160 valence electrons. The maximum Gasteiger partial charge on any atom is 0.198 e. The van der Waals surface area contributed by atoms with E-state index in [4.69, 9.17) is 0 Å². The van der Waals surface area contributed by atoms with E-state index in [0.717, 1.165) is 37.3 Å². The molecule has 0 aliphatic heterocycles. The normalized spacial score (nSPS) is 12.5. The van der Waals surface area contributed by atoms with Crippen LogP contribution >= 0.6 is 0 Å². The molecule has 2 N–H and O–H groups in total. The standard InChI is InChI=1S/C26H34N2O2/c1-3-5-7-9-17-27-21-15-11-13-19-23(21)26(30)24-20(25(19)29)14-12-16-22(24)28-18-10-8-6-4-2/h11-16,27-28H,3-10,17-18H2,1-2H3. The minimum atomic E-state index is -0.0659. The molecule has 1 aliphatic carbocycles. The average Bonchev–Trinajstić information content (AvgIpc) is 2.77. The van der Waals surface area contributed by atoms with Crippen LogP contribution in [-0.4, -0.2) is 24.7 Å². The number of nitrogens with one attached hydrogen (secondary N) is 2. The Hall–Kier alpha value is -2.62. The molecule has 0 saturated carbocycles. The molecule has 0 heterocycles. The number of hydrogen-bond acceptors (Lipinski definition) is 4. The largest absolute Gasteiger partial charge is 0.384 e. The molecule has 0 spiro atoms. The van der Waals surface area contributed by atoms with Crippen LogP contribution in [0.25, 0.3) is 0 Å². The summed E-state index contributed by atoms with van der Waals surface area (Å²) in [5.74, 6) is -0.128. The summed E-state index contributed by atoms with van der Waals surface area (Å²) in [6.45, 7) is 6.00. The first-order chi connectivity index (χ1) is 14.7. The van der Waals surface area contributed by atoms with Gasteiger partial charge in [-0.05, 0) is 25.0 Å². The summed E-state index contributed by atoms with van der Waals surface area (Å²) in [5.41, 5.74) is 3.59. The predicted molar refractivity (Wildman–Crippen MR) is 125 cm³/mol. The maximum absolute atomic E-state index is 13.5. The Morgan fingerprint density at radius 2 is 1.07 bits per heavy atom. The highest BCUT2D eigenvalue weighted by Crippen LogP contribution is 2.35. The van der Waals surface area contributed by atoms with Gasteiger partial charge in [-0.2, -0.15) is 0 Å². The van der Waals surface area contributed by atoms with Crippen LogP contribution in [0.15, 0.2) is 36.4 Å². The summed E-state index contributed by atoms with van der Waals surface area (Å²) in [6, 6.07) is 11.1. The molecule has 2 aromatic rings. The zero-order chi connectivity index (χ0) is 21.3. The molecule has 0 bridgehead atoms. The lowest BCUT2D eigenvalue weighted by Gasteiger charge is -2.23. The van der Waals surface area contributed by atoms with E-state index in [1.807, 2.05) is 24.3 Å². The SMILES string of the molecule is CCCCCCNc1cccc2c1C(=O)c1c(NCCCCCC)cccc1C2=O. The third-order valence-corrected chi connectivity index (χ3v) is 5.76. The van der Waals surface area contributed by atoms with Crippen LogP contribution < -0.4 is 10.6 Å². The van der Waals surface area contributed by atoms with Crippen LogP contribution in [0.1, 0.15) is 97.1 Å². The molecule has 0 amide bonds. The number of hydrogen-bond donors (Lipinski definition) is 2. The van der Waals surface area contributed by atoms with Crippen molar-refractivity contribution < 1.29 is 9.59 Å². The Kier molecular flexibility index (Phi) is 8.06. The molecule has 2 aromatic carbocycles. The molecule has 1 aliphatic rings. The van der Waals surface area contributed by atoms with Gasteiger partial charge in [0.15, 0.2) is 11.6 Å². The van der Waals surface area contributed by atoms with Crippen molar-refractivity contribution in [3.05, 3.63) is 58.7 Å². The third-order valence-electron chi connectivity index (χ3n) is 5.76. The van der Waals surface area contributed by atoms with E-state index in [1.165, 1.54) is 38.5 Å². The number of benzene rings is 2. The molecule has 4 nitrogen and oxygen atoms in total. The van der Waals surface area contributed by atoms with Gasteiger partial charge in [-0.15, -0.1) is 0 Å². The summed E-state index contributed by atoms with van der Waals surface area (Å²) < 4.78 is 0. The lowest BCUT2D eigenvalue weighted by atomic mass is 9.82. The van der Waals surface area contributed by atoms with Gasteiger partial charge in [0.05, 0.1) is 11.1 Å². The second-order valence-electron chi connectivity index (χ2n) is 8.09. The predicted octanol–water partition coefficient (Wildman–Crippen LogP) is 6.45. The van der Waals surface area contributed by atoms with E-state index in [-0.39, 0.29) is 11.6 Å². The number of unbranched alkanes of at least 4 members (excludes halogenated alkanes) is 6. The maximum atomic E-state index is 13.5. The van der Waals surface area contributed by atoms with Gasteiger partial charge in [0.2, 0.25) is 0 Å². The van der Waals surface area contributed by atoms with E-state index in [1.54, 1.807) is 12.1 Å². The van der Waals surface area contributed by atoms with E-state index in [0.29, 0.717) is 22.3 Å². The topological polar surface area (TPSA) is 58.2 Å². The van der Waals surface area contributed by atoms with Gasteiger partial charge in [-0.3, -0.25) is 9.59 Å². The molecular weight excluding hydrogens is 372 g/mol. The molecule has 3 rings (SSSR count). The van der Waals surface area contributed by atoms with Gasteiger partial charge in [0.25, 0.3) is 0 Å². The van der Waals surface area contributed by atoms with Gasteiger partial charge < -0.3 is 10.6 Å². The number of rotatable bonds is 12. The molecule has 0 fully saturated rings. The Labute approximate surface area is 180 Å². The van der Waals surface area contributed by atoms with Crippen molar-refractivity contribution in [3.63, 3.8) is 0 Å². The van der Waals surface area contributed by atoms with Crippen LogP contribution in [0.2, 0.25) is 0 Å². The van der Waals surface area contributed by atoms with E-state index in [9.17, 15) is 9.59 Å². The van der Waals surface area contributed by atoms with Crippen molar-refractivity contribution in [2.24, 2.45) is 0 Å². The van der Waals surface area contributed by atoms with Crippen molar-refractivity contribution in [1.82, 2.24) is 0 Å². The molecule has 0 atom stereocenters. The van der Waals surface area contributed by atoms with Crippen molar-refractivity contribution >= 4 is 22.9 Å². The van der Waals surface area contributed by atoms with Crippen LogP contribution in [0, 0.1) is 0 Å². The number of anilines is 2. The lowest BCUT2D eigenvalue weighted by molar-refractivity contribution is 0.0980. The molecule has 0 aromatic heterocycles. The second kappa shape index (κ2) is 11.0. The molecule has 30 heavy (non-hydrogen) atoms. The second-order valence-corrected chi connectivity index (χ2v) is 8.09. The zero-order valence-electron chi connectivity index (χ0n) is 18.4. The summed E-state index contributed by atoms with van der Waals surface area (Å²) in [7, 11) is 0. The molecule has 0 unspecified atom stereocenters.